The molecule has 2 rings (SSSR count). The van der Waals surface area contributed by atoms with Crippen LogP contribution in [0.3, 0.4) is 0 Å². The van der Waals surface area contributed by atoms with Gasteiger partial charge in [0, 0.05) is 12.6 Å². The molecule has 0 aromatic rings. The first-order valence-electron chi connectivity index (χ1n) is 8.66. The van der Waals surface area contributed by atoms with E-state index in [9.17, 15) is 9.59 Å². The van der Waals surface area contributed by atoms with Crippen molar-refractivity contribution < 1.29 is 19.4 Å². The molecule has 6 heteroatoms. The molecule has 2 aliphatic carbocycles. The van der Waals surface area contributed by atoms with Gasteiger partial charge >= 0.3 is 12.1 Å². The number of hydrogen-bond acceptors (Lipinski definition) is 4. The Morgan fingerprint density at radius 2 is 1.91 bits per heavy atom. The summed E-state index contributed by atoms with van der Waals surface area (Å²) in [5.41, 5.74) is -0.737. The van der Waals surface area contributed by atoms with Gasteiger partial charge in [-0.05, 0) is 59.3 Å². The lowest BCUT2D eigenvalue weighted by Crippen LogP contribution is -2.61. The number of carboxylic acids is 1. The van der Waals surface area contributed by atoms with Crippen LogP contribution in [0.25, 0.3) is 0 Å². The Bertz CT molecular complexity index is 440. The van der Waals surface area contributed by atoms with E-state index in [1.165, 1.54) is 0 Å². The predicted octanol–water partition coefficient (Wildman–Crippen LogP) is 2.67. The minimum Gasteiger partial charge on any atom is -0.481 e. The summed E-state index contributed by atoms with van der Waals surface area (Å²) in [5, 5.41) is 15.7. The van der Waals surface area contributed by atoms with Gasteiger partial charge in [-0.15, -0.1) is 0 Å². The van der Waals surface area contributed by atoms with Crippen LogP contribution < -0.4 is 10.6 Å². The fraction of sp³-hybridized carbons (Fsp3) is 0.882. The average Bonchev–Trinajstić information content (AvgIpc) is 2.40. The number of carboxylic acid groups (broad SMARTS) is 1. The highest BCUT2D eigenvalue weighted by atomic mass is 16.6. The minimum atomic E-state index is -0.693. The van der Waals surface area contributed by atoms with Gasteiger partial charge in [0.25, 0.3) is 0 Å². The van der Waals surface area contributed by atoms with Crippen LogP contribution in [0.5, 0.6) is 0 Å². The summed E-state index contributed by atoms with van der Waals surface area (Å²) in [7, 11) is 0. The molecule has 0 heterocycles. The van der Waals surface area contributed by atoms with Gasteiger partial charge in [-0.3, -0.25) is 4.79 Å². The topological polar surface area (TPSA) is 87.7 Å². The Kier molecular flexibility index (Phi) is 5.55. The van der Waals surface area contributed by atoms with E-state index in [0.29, 0.717) is 13.0 Å². The van der Waals surface area contributed by atoms with Gasteiger partial charge in [0.05, 0.1) is 11.5 Å². The first kappa shape index (κ1) is 18.0. The SMILES string of the molecule is CC(C)(C)OC(=O)NC1(CNC2CCCC(C(=O)O)C2)CCC1. The first-order chi connectivity index (χ1) is 10.7. The monoisotopic (exact) mass is 326 g/mol. The van der Waals surface area contributed by atoms with E-state index < -0.39 is 11.6 Å². The molecule has 0 aromatic heterocycles. The number of hydrogen-bond donors (Lipinski definition) is 3. The molecule has 2 fully saturated rings. The summed E-state index contributed by atoms with van der Waals surface area (Å²) in [4.78, 5) is 23.2. The molecule has 0 aromatic carbocycles. The van der Waals surface area contributed by atoms with Gasteiger partial charge in [0.1, 0.15) is 5.60 Å². The zero-order valence-corrected chi connectivity index (χ0v) is 14.5. The van der Waals surface area contributed by atoms with Crippen molar-refractivity contribution in [2.45, 2.75) is 82.9 Å². The molecule has 2 unspecified atom stereocenters. The first-order valence-corrected chi connectivity index (χ1v) is 8.66. The molecule has 0 radical (unpaired) electrons. The van der Waals surface area contributed by atoms with E-state index in [2.05, 4.69) is 10.6 Å². The van der Waals surface area contributed by atoms with E-state index in [-0.39, 0.29) is 23.6 Å². The number of amides is 1. The van der Waals surface area contributed by atoms with Gasteiger partial charge in [-0.25, -0.2) is 4.79 Å². The second-order valence-corrected chi connectivity index (χ2v) is 8.04. The molecule has 132 valence electrons. The van der Waals surface area contributed by atoms with Crippen molar-refractivity contribution >= 4 is 12.1 Å². The summed E-state index contributed by atoms with van der Waals surface area (Å²) in [6.45, 7) is 6.24. The summed E-state index contributed by atoms with van der Waals surface area (Å²) in [6, 6.07) is 0.225. The number of carbonyl (C=O) groups excluding carboxylic acids is 1. The third kappa shape index (κ3) is 5.37. The number of carbonyl (C=O) groups is 2. The second kappa shape index (κ2) is 7.07. The highest BCUT2D eigenvalue weighted by molar-refractivity contribution is 5.70. The molecule has 0 saturated heterocycles. The average molecular weight is 326 g/mol. The highest BCUT2D eigenvalue weighted by Gasteiger charge is 2.40. The molecule has 6 nitrogen and oxygen atoms in total. The highest BCUT2D eigenvalue weighted by Crippen LogP contribution is 2.32. The van der Waals surface area contributed by atoms with Crippen LogP contribution in [0, 0.1) is 5.92 Å². The zero-order valence-electron chi connectivity index (χ0n) is 14.5. The van der Waals surface area contributed by atoms with Crippen LogP contribution in [0.4, 0.5) is 4.79 Å². The van der Waals surface area contributed by atoms with Crippen molar-refractivity contribution in [3.05, 3.63) is 0 Å². The standard InChI is InChI=1S/C17H30N2O4/c1-16(2,3)23-15(22)19-17(8-5-9-17)11-18-13-7-4-6-12(10-13)14(20)21/h12-13,18H,4-11H2,1-3H3,(H,19,22)(H,20,21). The van der Waals surface area contributed by atoms with E-state index >= 15 is 0 Å². The van der Waals surface area contributed by atoms with Crippen LogP contribution in [-0.4, -0.2) is 40.9 Å². The Balaban J connectivity index is 1.82. The lowest BCUT2D eigenvalue weighted by molar-refractivity contribution is -0.143. The van der Waals surface area contributed by atoms with E-state index in [1.54, 1.807) is 0 Å². The number of alkyl carbamates (subject to hydrolysis) is 1. The van der Waals surface area contributed by atoms with Gasteiger partial charge in [0.15, 0.2) is 0 Å². The van der Waals surface area contributed by atoms with Crippen molar-refractivity contribution in [1.29, 1.82) is 0 Å². The molecule has 3 N–H and O–H groups in total. The third-order valence-electron chi connectivity index (χ3n) is 4.83. The predicted molar refractivity (Wildman–Crippen MR) is 87.3 cm³/mol. The smallest absolute Gasteiger partial charge is 0.408 e. The van der Waals surface area contributed by atoms with E-state index in [1.807, 2.05) is 20.8 Å². The minimum absolute atomic E-state index is 0.225. The van der Waals surface area contributed by atoms with Gasteiger partial charge in [0.2, 0.25) is 0 Å². The quantitative estimate of drug-likeness (QED) is 0.723. The Hall–Kier alpha value is -1.30. The maximum Gasteiger partial charge on any atom is 0.408 e. The Morgan fingerprint density at radius 3 is 2.43 bits per heavy atom. The maximum absolute atomic E-state index is 12.0. The molecule has 2 saturated carbocycles. The Labute approximate surface area is 138 Å². The molecule has 2 aliphatic rings. The normalized spacial score (nSPS) is 26.9. The van der Waals surface area contributed by atoms with Crippen molar-refractivity contribution in [1.82, 2.24) is 10.6 Å². The van der Waals surface area contributed by atoms with Crippen LogP contribution in [0.2, 0.25) is 0 Å². The van der Waals surface area contributed by atoms with Crippen LogP contribution in [0.15, 0.2) is 0 Å². The molecule has 23 heavy (non-hydrogen) atoms. The maximum atomic E-state index is 12.0. The van der Waals surface area contributed by atoms with Crippen molar-refractivity contribution in [2.75, 3.05) is 6.54 Å². The second-order valence-electron chi connectivity index (χ2n) is 8.04. The van der Waals surface area contributed by atoms with Crippen molar-refractivity contribution in [3.63, 3.8) is 0 Å². The van der Waals surface area contributed by atoms with E-state index in [4.69, 9.17) is 9.84 Å². The fourth-order valence-corrected chi connectivity index (χ4v) is 3.41. The number of nitrogens with one attached hydrogen (secondary N) is 2. The summed E-state index contributed by atoms with van der Waals surface area (Å²) >= 11 is 0. The molecular formula is C17H30N2O4. The van der Waals surface area contributed by atoms with Gasteiger partial charge in [-0.1, -0.05) is 6.42 Å². The van der Waals surface area contributed by atoms with Gasteiger partial charge in [-0.2, -0.15) is 0 Å². The van der Waals surface area contributed by atoms with Crippen LogP contribution >= 0.6 is 0 Å². The fourth-order valence-electron chi connectivity index (χ4n) is 3.41. The molecule has 0 bridgehead atoms. The number of rotatable bonds is 5. The summed E-state index contributed by atoms with van der Waals surface area (Å²) in [6.07, 6.45) is 6.01. The zero-order chi connectivity index (χ0) is 17.1. The summed E-state index contributed by atoms with van der Waals surface area (Å²) < 4.78 is 5.35. The lowest BCUT2D eigenvalue weighted by atomic mass is 9.76. The Morgan fingerprint density at radius 1 is 1.22 bits per heavy atom. The molecule has 2 atom stereocenters. The van der Waals surface area contributed by atoms with E-state index in [0.717, 1.165) is 38.5 Å². The van der Waals surface area contributed by atoms with Crippen LogP contribution in [-0.2, 0) is 9.53 Å². The lowest BCUT2D eigenvalue weighted by Gasteiger charge is -2.44. The number of ether oxygens (including phenoxy) is 1. The summed E-state index contributed by atoms with van der Waals surface area (Å²) in [5.74, 6) is -0.931. The third-order valence-corrected chi connectivity index (χ3v) is 4.83. The largest absolute Gasteiger partial charge is 0.481 e. The van der Waals surface area contributed by atoms with Gasteiger partial charge < -0.3 is 20.5 Å². The number of aliphatic carboxylic acids is 1. The molecule has 1 amide bonds. The van der Waals surface area contributed by atoms with Crippen LogP contribution in [0.1, 0.15) is 65.7 Å². The molecule has 0 spiro atoms. The molecular weight excluding hydrogens is 296 g/mol. The molecule has 0 aliphatic heterocycles. The van der Waals surface area contributed by atoms with Crippen molar-refractivity contribution in [3.8, 4) is 0 Å². The van der Waals surface area contributed by atoms with Crippen molar-refractivity contribution in [2.24, 2.45) is 5.92 Å².